The molecule has 0 bridgehead atoms. The van der Waals surface area contributed by atoms with Crippen molar-refractivity contribution in [1.82, 2.24) is 0 Å². The maximum absolute atomic E-state index is 11.2. The van der Waals surface area contributed by atoms with E-state index in [1.807, 2.05) is 6.92 Å². The molecule has 1 aliphatic rings. The van der Waals surface area contributed by atoms with Crippen molar-refractivity contribution in [2.24, 2.45) is 11.7 Å². The lowest BCUT2D eigenvalue weighted by Gasteiger charge is -2.12. The Hall–Kier alpha value is -0.280. The van der Waals surface area contributed by atoms with Gasteiger partial charge in [-0.15, -0.1) is 12.4 Å². The lowest BCUT2D eigenvalue weighted by Crippen LogP contribution is -2.31. The van der Waals surface area contributed by atoms with E-state index in [4.69, 9.17) is 10.5 Å². The average Bonchev–Trinajstić information content (AvgIpc) is 2.36. The third kappa shape index (κ3) is 2.64. The highest BCUT2D eigenvalue weighted by Crippen LogP contribution is 2.24. The van der Waals surface area contributed by atoms with Crippen LogP contribution in [-0.4, -0.2) is 18.6 Å². The Labute approximate surface area is 79.1 Å². The number of carbonyl (C=O) groups excluding carboxylic acids is 1. The highest BCUT2D eigenvalue weighted by Gasteiger charge is 2.31. The number of ether oxygens (including phenoxy) is 1. The molecule has 0 unspecified atom stereocenters. The van der Waals surface area contributed by atoms with Gasteiger partial charge >= 0.3 is 5.97 Å². The van der Waals surface area contributed by atoms with Gasteiger partial charge in [0.15, 0.2) is 0 Å². The first kappa shape index (κ1) is 11.7. The predicted molar refractivity (Wildman–Crippen MR) is 49.2 cm³/mol. The third-order valence-corrected chi connectivity index (χ3v) is 2.16. The lowest BCUT2D eigenvalue weighted by molar-refractivity contribution is -0.148. The molecule has 0 radical (unpaired) electrons. The summed E-state index contributed by atoms with van der Waals surface area (Å²) in [5, 5.41) is 0. The number of carbonyl (C=O) groups is 1. The normalized spacial score (nSPS) is 27.8. The molecule has 1 fully saturated rings. The molecule has 1 saturated carbocycles. The van der Waals surface area contributed by atoms with Gasteiger partial charge in [0.2, 0.25) is 0 Å². The fourth-order valence-electron chi connectivity index (χ4n) is 1.53. The van der Waals surface area contributed by atoms with Crippen LogP contribution in [0.2, 0.25) is 0 Å². The summed E-state index contributed by atoms with van der Waals surface area (Å²) in [7, 11) is 0. The molecule has 0 aliphatic heterocycles. The first-order valence-corrected chi connectivity index (χ1v) is 4.18. The standard InChI is InChI=1S/C8H15NO2.ClH/c1-2-11-8(10)6-4-3-5-7(6)9;/h6-7H,2-5,9H2,1H3;1H/t6-,7-;/m1./s1. The molecule has 1 aliphatic carbocycles. The largest absolute Gasteiger partial charge is 0.466 e. The molecule has 0 aromatic rings. The van der Waals surface area contributed by atoms with Gasteiger partial charge < -0.3 is 10.5 Å². The molecule has 0 amide bonds. The van der Waals surface area contributed by atoms with Crippen molar-refractivity contribution >= 4 is 18.4 Å². The molecule has 0 saturated heterocycles. The van der Waals surface area contributed by atoms with Gasteiger partial charge in [-0.25, -0.2) is 0 Å². The molecule has 0 heterocycles. The van der Waals surface area contributed by atoms with Crippen LogP contribution in [0.3, 0.4) is 0 Å². The van der Waals surface area contributed by atoms with Crippen LogP contribution in [0.1, 0.15) is 26.2 Å². The highest BCUT2D eigenvalue weighted by atomic mass is 35.5. The van der Waals surface area contributed by atoms with Crippen LogP contribution in [0.15, 0.2) is 0 Å². The Morgan fingerprint density at radius 2 is 2.25 bits per heavy atom. The summed E-state index contributed by atoms with van der Waals surface area (Å²) >= 11 is 0. The van der Waals surface area contributed by atoms with Gasteiger partial charge in [0.1, 0.15) is 0 Å². The molecule has 3 nitrogen and oxygen atoms in total. The number of halogens is 1. The fraction of sp³-hybridized carbons (Fsp3) is 0.875. The van der Waals surface area contributed by atoms with Gasteiger partial charge in [0.05, 0.1) is 12.5 Å². The molecule has 2 N–H and O–H groups in total. The predicted octanol–water partition coefficient (Wildman–Crippen LogP) is 1.10. The average molecular weight is 194 g/mol. The van der Waals surface area contributed by atoms with Crippen LogP contribution in [-0.2, 0) is 9.53 Å². The zero-order valence-electron chi connectivity index (χ0n) is 7.29. The molecule has 0 aromatic carbocycles. The SMILES string of the molecule is CCOC(=O)[C@@H]1CCC[C@H]1N.Cl. The molecule has 0 aromatic heterocycles. The zero-order valence-corrected chi connectivity index (χ0v) is 8.10. The Balaban J connectivity index is 0.00000121. The van der Waals surface area contributed by atoms with Gasteiger partial charge in [-0.3, -0.25) is 4.79 Å². The minimum absolute atomic E-state index is 0. The summed E-state index contributed by atoms with van der Waals surface area (Å²) in [6, 6.07) is 0.0362. The second-order valence-corrected chi connectivity index (χ2v) is 2.95. The van der Waals surface area contributed by atoms with Gasteiger partial charge in [0, 0.05) is 6.04 Å². The Morgan fingerprint density at radius 3 is 2.67 bits per heavy atom. The number of hydrogen-bond acceptors (Lipinski definition) is 3. The van der Waals surface area contributed by atoms with Crippen molar-refractivity contribution in [3.05, 3.63) is 0 Å². The van der Waals surface area contributed by atoms with E-state index in [2.05, 4.69) is 0 Å². The van der Waals surface area contributed by atoms with E-state index in [1.165, 1.54) is 0 Å². The highest BCUT2D eigenvalue weighted by molar-refractivity contribution is 5.85. The summed E-state index contributed by atoms with van der Waals surface area (Å²) in [6.07, 6.45) is 2.92. The number of rotatable bonds is 2. The van der Waals surface area contributed by atoms with Crippen molar-refractivity contribution < 1.29 is 9.53 Å². The second-order valence-electron chi connectivity index (χ2n) is 2.95. The summed E-state index contributed by atoms with van der Waals surface area (Å²) in [4.78, 5) is 11.2. The first-order chi connectivity index (χ1) is 5.25. The van der Waals surface area contributed by atoms with E-state index in [0.29, 0.717) is 6.61 Å². The maximum Gasteiger partial charge on any atom is 0.310 e. The quantitative estimate of drug-likeness (QED) is 0.669. The smallest absolute Gasteiger partial charge is 0.310 e. The minimum atomic E-state index is -0.113. The van der Waals surface area contributed by atoms with Gasteiger partial charge in [-0.1, -0.05) is 6.42 Å². The third-order valence-electron chi connectivity index (χ3n) is 2.16. The van der Waals surface area contributed by atoms with Crippen LogP contribution in [0.5, 0.6) is 0 Å². The summed E-state index contributed by atoms with van der Waals surface area (Å²) in [6.45, 7) is 2.28. The zero-order chi connectivity index (χ0) is 8.27. The van der Waals surface area contributed by atoms with Crippen LogP contribution in [0.25, 0.3) is 0 Å². The molecule has 72 valence electrons. The molecular weight excluding hydrogens is 178 g/mol. The number of esters is 1. The van der Waals surface area contributed by atoms with Gasteiger partial charge in [0.25, 0.3) is 0 Å². The molecule has 1 rings (SSSR count). The lowest BCUT2D eigenvalue weighted by atomic mass is 10.1. The van der Waals surface area contributed by atoms with Gasteiger partial charge in [-0.2, -0.15) is 0 Å². The van der Waals surface area contributed by atoms with E-state index in [1.54, 1.807) is 0 Å². The van der Waals surface area contributed by atoms with Crippen LogP contribution >= 0.6 is 12.4 Å². The van der Waals surface area contributed by atoms with Crippen molar-refractivity contribution in [3.8, 4) is 0 Å². The van der Waals surface area contributed by atoms with Crippen LogP contribution < -0.4 is 5.73 Å². The van der Waals surface area contributed by atoms with E-state index >= 15 is 0 Å². The monoisotopic (exact) mass is 193 g/mol. The Bertz CT molecular complexity index is 152. The maximum atomic E-state index is 11.2. The van der Waals surface area contributed by atoms with Crippen molar-refractivity contribution in [2.75, 3.05) is 6.61 Å². The molecule has 2 atom stereocenters. The van der Waals surface area contributed by atoms with E-state index in [-0.39, 0.29) is 30.3 Å². The summed E-state index contributed by atoms with van der Waals surface area (Å²) < 4.78 is 4.88. The van der Waals surface area contributed by atoms with E-state index in [9.17, 15) is 4.79 Å². The summed E-state index contributed by atoms with van der Waals surface area (Å²) in [5.74, 6) is -0.146. The van der Waals surface area contributed by atoms with Crippen LogP contribution in [0.4, 0.5) is 0 Å². The van der Waals surface area contributed by atoms with E-state index in [0.717, 1.165) is 19.3 Å². The van der Waals surface area contributed by atoms with Crippen molar-refractivity contribution in [1.29, 1.82) is 0 Å². The number of nitrogens with two attached hydrogens (primary N) is 1. The summed E-state index contributed by atoms with van der Waals surface area (Å²) in [5.41, 5.74) is 5.71. The first-order valence-electron chi connectivity index (χ1n) is 4.18. The topological polar surface area (TPSA) is 52.3 Å². The van der Waals surface area contributed by atoms with Crippen molar-refractivity contribution in [2.45, 2.75) is 32.2 Å². The van der Waals surface area contributed by atoms with Crippen LogP contribution in [0, 0.1) is 5.92 Å². The second kappa shape index (κ2) is 5.38. The van der Waals surface area contributed by atoms with E-state index < -0.39 is 0 Å². The molecule has 12 heavy (non-hydrogen) atoms. The number of hydrogen-bond donors (Lipinski definition) is 1. The molecule has 4 heteroatoms. The fourth-order valence-corrected chi connectivity index (χ4v) is 1.53. The molecule has 0 spiro atoms. The van der Waals surface area contributed by atoms with Gasteiger partial charge in [-0.05, 0) is 19.8 Å². The molecular formula is C8H16ClNO2. The Morgan fingerprint density at radius 1 is 1.58 bits per heavy atom. The Kier molecular flexibility index (Phi) is 5.25. The van der Waals surface area contributed by atoms with Crippen molar-refractivity contribution in [3.63, 3.8) is 0 Å². The minimum Gasteiger partial charge on any atom is -0.466 e.